The van der Waals surface area contributed by atoms with Crippen LogP contribution in [0.1, 0.15) is 28.0 Å². The zero-order valence-corrected chi connectivity index (χ0v) is 12.4. The number of furan rings is 1. The van der Waals surface area contributed by atoms with Crippen molar-refractivity contribution in [2.24, 2.45) is 5.92 Å². The van der Waals surface area contributed by atoms with Gasteiger partial charge in [0.2, 0.25) is 0 Å². The van der Waals surface area contributed by atoms with Gasteiger partial charge in [0.15, 0.2) is 10.8 Å². The van der Waals surface area contributed by atoms with Crippen LogP contribution in [0, 0.1) is 31.1 Å². The van der Waals surface area contributed by atoms with Crippen LogP contribution in [0.2, 0.25) is 0 Å². The lowest BCUT2D eigenvalue weighted by molar-refractivity contribution is 0.0954. The fourth-order valence-corrected chi connectivity index (χ4v) is 2.58. The highest BCUT2D eigenvalue weighted by molar-refractivity contribution is 7.17. The Morgan fingerprint density at radius 3 is 2.90 bits per heavy atom. The van der Waals surface area contributed by atoms with Gasteiger partial charge in [0.05, 0.1) is 17.7 Å². The Labute approximate surface area is 121 Å². The highest BCUT2D eigenvalue weighted by Crippen LogP contribution is 2.29. The van der Waals surface area contributed by atoms with Gasteiger partial charge in [-0.1, -0.05) is 0 Å². The monoisotopic (exact) mass is 289 g/mol. The molecule has 0 saturated heterocycles. The van der Waals surface area contributed by atoms with E-state index in [0.29, 0.717) is 27.9 Å². The number of hydrogen-bond donors (Lipinski definition) is 1. The summed E-state index contributed by atoms with van der Waals surface area (Å²) in [5.41, 5.74) is 0.668. The molecule has 0 fully saturated rings. The lowest BCUT2D eigenvalue weighted by Gasteiger charge is -2.04. The molecule has 2 aromatic rings. The van der Waals surface area contributed by atoms with Crippen LogP contribution in [0.15, 0.2) is 16.5 Å². The van der Waals surface area contributed by atoms with E-state index in [-0.39, 0.29) is 11.8 Å². The molecular formula is C14H15N3O2S. The maximum atomic E-state index is 12.1. The molecule has 104 valence electrons. The lowest BCUT2D eigenvalue weighted by atomic mass is 10.2. The fraction of sp³-hybridized carbons (Fsp3) is 0.357. The number of nitrogens with one attached hydrogen (secondary N) is 1. The quantitative estimate of drug-likeness (QED) is 0.938. The molecule has 2 aromatic heterocycles. The zero-order chi connectivity index (χ0) is 14.7. The van der Waals surface area contributed by atoms with Crippen LogP contribution < -0.4 is 5.32 Å². The van der Waals surface area contributed by atoms with Crippen LogP contribution in [0.3, 0.4) is 0 Å². The van der Waals surface area contributed by atoms with Crippen molar-refractivity contribution in [2.45, 2.75) is 20.8 Å². The van der Waals surface area contributed by atoms with Gasteiger partial charge in [-0.05, 0) is 32.9 Å². The van der Waals surface area contributed by atoms with Crippen molar-refractivity contribution in [1.82, 2.24) is 10.3 Å². The average Bonchev–Trinajstić information content (AvgIpc) is 3.01. The summed E-state index contributed by atoms with van der Waals surface area (Å²) in [5, 5.41) is 12.1. The minimum atomic E-state index is -0.209. The van der Waals surface area contributed by atoms with E-state index in [4.69, 9.17) is 9.68 Å². The van der Waals surface area contributed by atoms with Gasteiger partial charge in [-0.25, -0.2) is 4.98 Å². The van der Waals surface area contributed by atoms with E-state index < -0.39 is 0 Å². The van der Waals surface area contributed by atoms with Gasteiger partial charge in [-0.2, -0.15) is 5.26 Å². The first kappa shape index (κ1) is 14.3. The Bertz CT molecular complexity index is 666. The third-order valence-electron chi connectivity index (χ3n) is 2.74. The van der Waals surface area contributed by atoms with E-state index in [9.17, 15) is 4.79 Å². The second kappa shape index (κ2) is 5.88. The number of carbonyl (C=O) groups excluding carboxylic acids is 1. The summed E-state index contributed by atoms with van der Waals surface area (Å²) >= 11 is 1.29. The number of nitrogens with zero attached hydrogens (tertiary/aromatic N) is 2. The number of aryl methyl sites for hydroxylation is 2. The van der Waals surface area contributed by atoms with Gasteiger partial charge < -0.3 is 9.73 Å². The summed E-state index contributed by atoms with van der Waals surface area (Å²) in [6.45, 7) is 5.75. The number of rotatable bonds is 4. The highest BCUT2D eigenvalue weighted by Gasteiger charge is 2.18. The zero-order valence-electron chi connectivity index (χ0n) is 11.6. The predicted octanol–water partition coefficient (Wildman–Crippen LogP) is 2.91. The van der Waals surface area contributed by atoms with Gasteiger partial charge in [-0.3, -0.25) is 4.79 Å². The summed E-state index contributed by atoms with van der Waals surface area (Å²) in [6.07, 6.45) is 0. The number of aromatic nitrogens is 1. The molecule has 0 bridgehead atoms. The molecule has 0 radical (unpaired) electrons. The van der Waals surface area contributed by atoms with E-state index >= 15 is 0 Å². The van der Waals surface area contributed by atoms with Crippen LogP contribution >= 0.6 is 11.3 Å². The molecule has 0 aromatic carbocycles. The van der Waals surface area contributed by atoms with E-state index in [1.807, 2.05) is 19.1 Å². The maximum Gasteiger partial charge on any atom is 0.263 e. The molecule has 0 saturated carbocycles. The van der Waals surface area contributed by atoms with Crippen LogP contribution in [0.4, 0.5) is 0 Å². The average molecular weight is 289 g/mol. The van der Waals surface area contributed by atoms with Gasteiger partial charge >= 0.3 is 0 Å². The molecule has 0 aliphatic heterocycles. The number of thiazole rings is 1. The third kappa shape index (κ3) is 3.06. The van der Waals surface area contributed by atoms with Crippen molar-refractivity contribution in [3.05, 3.63) is 28.5 Å². The van der Waals surface area contributed by atoms with Gasteiger partial charge in [0, 0.05) is 6.54 Å². The highest BCUT2D eigenvalue weighted by atomic mass is 32.1. The Hall–Kier alpha value is -2.13. The largest absolute Gasteiger partial charge is 0.459 e. The van der Waals surface area contributed by atoms with Crippen molar-refractivity contribution in [3.8, 4) is 16.8 Å². The van der Waals surface area contributed by atoms with E-state index in [0.717, 1.165) is 5.76 Å². The van der Waals surface area contributed by atoms with Crippen molar-refractivity contribution in [1.29, 1.82) is 5.26 Å². The Kier molecular flexibility index (Phi) is 4.20. The fourth-order valence-electron chi connectivity index (χ4n) is 1.63. The third-order valence-corrected chi connectivity index (χ3v) is 3.91. The summed E-state index contributed by atoms with van der Waals surface area (Å²) in [5.74, 6) is 1.07. The SMILES string of the molecule is Cc1ccc(-c2nc(C)c(C(=O)NC[C@@H](C)C#N)s2)o1. The van der Waals surface area contributed by atoms with Crippen molar-refractivity contribution < 1.29 is 9.21 Å². The molecule has 0 spiro atoms. The lowest BCUT2D eigenvalue weighted by Crippen LogP contribution is -2.27. The van der Waals surface area contributed by atoms with Crippen molar-refractivity contribution in [2.75, 3.05) is 6.54 Å². The molecule has 2 heterocycles. The molecule has 6 heteroatoms. The first-order chi connectivity index (χ1) is 9.51. The summed E-state index contributed by atoms with van der Waals surface area (Å²) < 4.78 is 5.51. The minimum absolute atomic E-state index is 0.198. The van der Waals surface area contributed by atoms with Gasteiger partial charge in [-0.15, -0.1) is 11.3 Å². The Morgan fingerprint density at radius 2 is 2.30 bits per heavy atom. The second-order valence-electron chi connectivity index (χ2n) is 4.58. The van der Waals surface area contributed by atoms with Crippen LogP contribution in [-0.4, -0.2) is 17.4 Å². The topological polar surface area (TPSA) is 78.9 Å². The molecule has 1 N–H and O–H groups in total. The standard InChI is InChI=1S/C14H15N3O2S/c1-8(6-15)7-16-13(18)12-10(3)17-14(20-12)11-5-4-9(2)19-11/h4-5,8H,7H2,1-3H3,(H,16,18)/t8-/m0/s1. The molecule has 0 aliphatic rings. The number of hydrogen-bond acceptors (Lipinski definition) is 5. The molecule has 1 amide bonds. The molecule has 5 nitrogen and oxygen atoms in total. The van der Waals surface area contributed by atoms with Crippen LogP contribution in [-0.2, 0) is 0 Å². The molecule has 0 aliphatic carbocycles. The Morgan fingerprint density at radius 1 is 1.55 bits per heavy atom. The molecule has 2 rings (SSSR count). The Balaban J connectivity index is 2.15. The first-order valence-corrected chi connectivity index (χ1v) is 7.05. The van der Waals surface area contributed by atoms with Gasteiger partial charge in [0.25, 0.3) is 5.91 Å². The second-order valence-corrected chi connectivity index (χ2v) is 5.58. The van der Waals surface area contributed by atoms with E-state index in [2.05, 4.69) is 16.4 Å². The number of carbonyl (C=O) groups is 1. The first-order valence-electron chi connectivity index (χ1n) is 6.23. The van der Waals surface area contributed by atoms with E-state index in [1.54, 1.807) is 13.8 Å². The minimum Gasteiger partial charge on any atom is -0.459 e. The number of amides is 1. The van der Waals surface area contributed by atoms with Gasteiger partial charge in [0.1, 0.15) is 10.6 Å². The van der Waals surface area contributed by atoms with Crippen LogP contribution in [0.5, 0.6) is 0 Å². The van der Waals surface area contributed by atoms with E-state index in [1.165, 1.54) is 11.3 Å². The molecule has 20 heavy (non-hydrogen) atoms. The van der Waals surface area contributed by atoms with Crippen molar-refractivity contribution in [3.63, 3.8) is 0 Å². The van der Waals surface area contributed by atoms with Crippen molar-refractivity contribution >= 4 is 17.2 Å². The molecular weight excluding hydrogens is 274 g/mol. The molecule has 1 atom stereocenters. The smallest absolute Gasteiger partial charge is 0.263 e. The van der Waals surface area contributed by atoms with Crippen LogP contribution in [0.25, 0.3) is 10.8 Å². The number of nitriles is 1. The maximum absolute atomic E-state index is 12.1. The molecule has 0 unspecified atom stereocenters. The summed E-state index contributed by atoms with van der Waals surface area (Å²) in [4.78, 5) is 17.0. The predicted molar refractivity (Wildman–Crippen MR) is 76.4 cm³/mol. The summed E-state index contributed by atoms with van der Waals surface area (Å²) in [6, 6.07) is 5.78. The summed E-state index contributed by atoms with van der Waals surface area (Å²) in [7, 11) is 0. The normalized spacial score (nSPS) is 11.9.